The first-order valence-corrected chi connectivity index (χ1v) is 6.18. The SMILES string of the molecule is CC(C)c1ccc(CC(O)c2cncnc2)cc1. The third-order valence-corrected chi connectivity index (χ3v) is 3.04. The second kappa shape index (κ2) is 5.74. The largest absolute Gasteiger partial charge is 0.388 e. The molecule has 0 fully saturated rings. The maximum absolute atomic E-state index is 10.1. The average molecular weight is 242 g/mol. The predicted octanol–water partition coefficient (Wildman–Crippen LogP) is 2.88. The number of aromatic nitrogens is 2. The zero-order valence-corrected chi connectivity index (χ0v) is 10.7. The van der Waals surface area contributed by atoms with Crippen molar-refractivity contribution in [3.8, 4) is 0 Å². The van der Waals surface area contributed by atoms with Crippen LogP contribution in [0.15, 0.2) is 43.0 Å². The van der Waals surface area contributed by atoms with Crippen molar-refractivity contribution < 1.29 is 5.11 Å². The van der Waals surface area contributed by atoms with E-state index in [1.807, 2.05) is 0 Å². The van der Waals surface area contributed by atoms with Crippen molar-refractivity contribution in [2.45, 2.75) is 32.3 Å². The van der Waals surface area contributed by atoms with Crippen LogP contribution in [0.25, 0.3) is 0 Å². The third kappa shape index (κ3) is 3.14. The second-order valence-electron chi connectivity index (χ2n) is 4.79. The summed E-state index contributed by atoms with van der Waals surface area (Å²) in [5, 5.41) is 10.1. The topological polar surface area (TPSA) is 46.0 Å². The monoisotopic (exact) mass is 242 g/mol. The lowest BCUT2D eigenvalue weighted by Gasteiger charge is -2.11. The summed E-state index contributed by atoms with van der Waals surface area (Å²) >= 11 is 0. The van der Waals surface area contributed by atoms with E-state index in [1.54, 1.807) is 12.4 Å². The Morgan fingerprint density at radius 3 is 2.17 bits per heavy atom. The highest BCUT2D eigenvalue weighted by molar-refractivity contribution is 5.26. The summed E-state index contributed by atoms with van der Waals surface area (Å²) in [6.45, 7) is 4.34. The van der Waals surface area contributed by atoms with Crippen LogP contribution in [0.5, 0.6) is 0 Å². The van der Waals surface area contributed by atoms with Gasteiger partial charge in [-0.1, -0.05) is 38.1 Å². The molecule has 3 heteroatoms. The van der Waals surface area contributed by atoms with Gasteiger partial charge in [-0.2, -0.15) is 0 Å². The average Bonchev–Trinajstić information content (AvgIpc) is 2.40. The van der Waals surface area contributed by atoms with Gasteiger partial charge in [0.25, 0.3) is 0 Å². The van der Waals surface area contributed by atoms with Gasteiger partial charge < -0.3 is 5.11 Å². The molecule has 0 aliphatic carbocycles. The molecule has 1 unspecified atom stereocenters. The lowest BCUT2D eigenvalue weighted by Crippen LogP contribution is -2.03. The molecule has 0 saturated carbocycles. The zero-order valence-electron chi connectivity index (χ0n) is 10.7. The molecular formula is C15H18N2O. The summed E-state index contributed by atoms with van der Waals surface area (Å²) in [5.74, 6) is 0.534. The maximum Gasteiger partial charge on any atom is 0.115 e. The van der Waals surface area contributed by atoms with Crippen molar-refractivity contribution in [3.63, 3.8) is 0 Å². The van der Waals surface area contributed by atoms with Crippen molar-refractivity contribution >= 4 is 0 Å². The van der Waals surface area contributed by atoms with Gasteiger partial charge in [-0.15, -0.1) is 0 Å². The van der Waals surface area contributed by atoms with Crippen molar-refractivity contribution in [1.82, 2.24) is 9.97 Å². The van der Waals surface area contributed by atoms with E-state index in [0.717, 1.165) is 11.1 Å². The summed E-state index contributed by atoms with van der Waals surface area (Å²) in [6, 6.07) is 8.38. The standard InChI is InChI=1S/C15H18N2O/c1-11(2)13-5-3-12(4-6-13)7-15(18)14-8-16-10-17-9-14/h3-6,8-11,15,18H,7H2,1-2H3. The third-order valence-electron chi connectivity index (χ3n) is 3.04. The number of benzene rings is 1. The van der Waals surface area contributed by atoms with Gasteiger partial charge >= 0.3 is 0 Å². The number of hydrogen-bond donors (Lipinski definition) is 1. The smallest absolute Gasteiger partial charge is 0.115 e. The minimum atomic E-state index is -0.545. The van der Waals surface area contributed by atoms with Crippen LogP contribution >= 0.6 is 0 Å². The van der Waals surface area contributed by atoms with Crippen LogP contribution in [0.4, 0.5) is 0 Å². The van der Waals surface area contributed by atoms with Gasteiger partial charge in [-0.3, -0.25) is 0 Å². The van der Waals surface area contributed by atoms with Gasteiger partial charge in [0.15, 0.2) is 0 Å². The van der Waals surface area contributed by atoms with Crippen LogP contribution in [-0.4, -0.2) is 15.1 Å². The number of hydrogen-bond acceptors (Lipinski definition) is 3. The minimum Gasteiger partial charge on any atom is -0.388 e. The number of aliphatic hydroxyl groups excluding tert-OH is 1. The quantitative estimate of drug-likeness (QED) is 0.896. The Morgan fingerprint density at radius 1 is 1.00 bits per heavy atom. The maximum atomic E-state index is 10.1. The van der Waals surface area contributed by atoms with Gasteiger partial charge in [-0.25, -0.2) is 9.97 Å². The van der Waals surface area contributed by atoms with Gasteiger partial charge in [0.1, 0.15) is 6.33 Å². The molecule has 18 heavy (non-hydrogen) atoms. The van der Waals surface area contributed by atoms with E-state index < -0.39 is 6.10 Å². The van der Waals surface area contributed by atoms with E-state index in [0.29, 0.717) is 12.3 Å². The predicted molar refractivity (Wildman–Crippen MR) is 71.2 cm³/mol. The van der Waals surface area contributed by atoms with E-state index in [9.17, 15) is 5.11 Å². The first-order valence-electron chi connectivity index (χ1n) is 6.18. The van der Waals surface area contributed by atoms with Crippen LogP contribution < -0.4 is 0 Å². The molecule has 0 saturated heterocycles. The first kappa shape index (κ1) is 12.7. The molecule has 2 aromatic rings. The van der Waals surface area contributed by atoms with Gasteiger partial charge in [0.2, 0.25) is 0 Å². The Bertz CT molecular complexity index is 480. The van der Waals surface area contributed by atoms with Gasteiger partial charge in [0, 0.05) is 24.4 Å². The van der Waals surface area contributed by atoms with Crippen molar-refractivity contribution in [1.29, 1.82) is 0 Å². The molecule has 0 spiro atoms. The summed E-state index contributed by atoms with van der Waals surface area (Å²) < 4.78 is 0. The zero-order chi connectivity index (χ0) is 13.0. The lowest BCUT2D eigenvalue weighted by atomic mass is 9.98. The van der Waals surface area contributed by atoms with Crippen LogP contribution in [0.2, 0.25) is 0 Å². The lowest BCUT2D eigenvalue weighted by molar-refractivity contribution is 0.177. The van der Waals surface area contributed by atoms with E-state index >= 15 is 0 Å². The fraction of sp³-hybridized carbons (Fsp3) is 0.333. The molecule has 1 heterocycles. The summed E-state index contributed by atoms with van der Waals surface area (Å²) in [7, 11) is 0. The van der Waals surface area contributed by atoms with E-state index in [2.05, 4.69) is 48.1 Å². The summed E-state index contributed by atoms with van der Waals surface area (Å²) in [5.41, 5.74) is 3.19. The number of aliphatic hydroxyl groups is 1. The Balaban J connectivity index is 2.05. The number of rotatable bonds is 4. The van der Waals surface area contributed by atoms with Crippen molar-refractivity contribution in [3.05, 3.63) is 59.7 Å². The molecule has 1 atom stereocenters. The normalized spacial score (nSPS) is 12.7. The van der Waals surface area contributed by atoms with Gasteiger partial charge in [-0.05, 0) is 17.0 Å². The van der Waals surface area contributed by atoms with Crippen LogP contribution in [0.3, 0.4) is 0 Å². The highest BCUT2D eigenvalue weighted by Gasteiger charge is 2.09. The molecule has 0 aliphatic heterocycles. The molecule has 0 aliphatic rings. The highest BCUT2D eigenvalue weighted by Crippen LogP contribution is 2.19. The Hall–Kier alpha value is -1.74. The second-order valence-corrected chi connectivity index (χ2v) is 4.79. The molecule has 0 amide bonds. The fourth-order valence-electron chi connectivity index (χ4n) is 1.86. The van der Waals surface area contributed by atoms with Crippen LogP contribution in [0.1, 0.15) is 42.6 Å². The fourth-order valence-corrected chi connectivity index (χ4v) is 1.86. The Morgan fingerprint density at radius 2 is 1.61 bits per heavy atom. The van der Waals surface area contributed by atoms with E-state index in [-0.39, 0.29) is 0 Å². The molecule has 2 rings (SSSR count). The Labute approximate surface area is 108 Å². The molecule has 3 nitrogen and oxygen atoms in total. The minimum absolute atomic E-state index is 0.534. The van der Waals surface area contributed by atoms with E-state index in [1.165, 1.54) is 11.9 Å². The molecule has 1 aromatic heterocycles. The number of nitrogens with zero attached hydrogens (tertiary/aromatic N) is 2. The summed E-state index contributed by atoms with van der Waals surface area (Å²) in [4.78, 5) is 7.83. The van der Waals surface area contributed by atoms with Crippen molar-refractivity contribution in [2.75, 3.05) is 0 Å². The molecule has 94 valence electrons. The van der Waals surface area contributed by atoms with Gasteiger partial charge in [0.05, 0.1) is 6.10 Å². The van der Waals surface area contributed by atoms with Crippen LogP contribution in [-0.2, 0) is 6.42 Å². The summed E-state index contributed by atoms with van der Waals surface area (Å²) in [6.07, 6.45) is 4.82. The van der Waals surface area contributed by atoms with Crippen molar-refractivity contribution in [2.24, 2.45) is 0 Å². The van der Waals surface area contributed by atoms with Crippen LogP contribution in [0, 0.1) is 0 Å². The molecule has 0 radical (unpaired) electrons. The van der Waals surface area contributed by atoms with E-state index in [4.69, 9.17) is 0 Å². The molecule has 1 aromatic carbocycles. The molecule has 0 bridgehead atoms. The Kier molecular flexibility index (Phi) is 4.05. The first-order chi connectivity index (χ1) is 8.66. The molecular weight excluding hydrogens is 224 g/mol. The molecule has 1 N–H and O–H groups in total. The highest BCUT2D eigenvalue weighted by atomic mass is 16.3.